The number of rotatable bonds is 6. The first kappa shape index (κ1) is 23.1. The van der Waals surface area contributed by atoms with E-state index in [1.165, 1.54) is 47.3 Å². The number of halogens is 3. The molecule has 0 atom stereocenters. The Bertz CT molecular complexity index is 1430. The van der Waals surface area contributed by atoms with Gasteiger partial charge in [-0.05, 0) is 54.6 Å². The van der Waals surface area contributed by atoms with Crippen molar-refractivity contribution in [2.24, 2.45) is 0 Å². The molecule has 0 spiro atoms. The summed E-state index contributed by atoms with van der Waals surface area (Å²) in [6.45, 7) is 0. The van der Waals surface area contributed by atoms with Crippen LogP contribution in [0.1, 0.15) is 15.9 Å². The SMILES string of the molecule is CS(=O)(=O)Nc1ccc(NC(=O)c2cnn(-c3cccc(C(F)(F)F)c3)c2-n2cccc2)cc1. The van der Waals surface area contributed by atoms with Crippen LogP contribution in [0.3, 0.4) is 0 Å². The number of benzene rings is 2. The van der Waals surface area contributed by atoms with Crippen molar-refractivity contribution < 1.29 is 26.4 Å². The van der Waals surface area contributed by atoms with Crippen LogP contribution in [0.5, 0.6) is 0 Å². The highest BCUT2D eigenvalue weighted by atomic mass is 32.2. The maximum absolute atomic E-state index is 13.2. The molecule has 2 heterocycles. The summed E-state index contributed by atoms with van der Waals surface area (Å²) in [6, 6.07) is 14.0. The van der Waals surface area contributed by atoms with Crippen LogP contribution in [0.2, 0.25) is 0 Å². The lowest BCUT2D eigenvalue weighted by atomic mass is 10.2. The van der Waals surface area contributed by atoms with Crippen LogP contribution in [-0.4, -0.2) is 34.9 Å². The van der Waals surface area contributed by atoms with Crippen LogP contribution in [0.25, 0.3) is 11.5 Å². The lowest BCUT2D eigenvalue weighted by molar-refractivity contribution is -0.137. The summed E-state index contributed by atoms with van der Waals surface area (Å²) in [5.74, 6) is -0.303. The molecule has 2 aromatic carbocycles. The van der Waals surface area contributed by atoms with E-state index in [1.54, 1.807) is 29.1 Å². The van der Waals surface area contributed by atoms with E-state index in [2.05, 4.69) is 15.1 Å². The topological polar surface area (TPSA) is 98.0 Å². The van der Waals surface area contributed by atoms with Gasteiger partial charge >= 0.3 is 6.18 Å². The molecular formula is C22H18F3N5O3S. The fourth-order valence-corrected chi connectivity index (χ4v) is 3.83. The molecule has 34 heavy (non-hydrogen) atoms. The van der Waals surface area contributed by atoms with E-state index < -0.39 is 27.7 Å². The number of alkyl halides is 3. The molecule has 0 aliphatic rings. The summed E-state index contributed by atoms with van der Waals surface area (Å²) in [7, 11) is -3.44. The highest BCUT2D eigenvalue weighted by molar-refractivity contribution is 7.92. The Balaban J connectivity index is 1.68. The minimum atomic E-state index is -4.53. The molecule has 8 nitrogen and oxygen atoms in total. The molecule has 1 amide bonds. The predicted octanol–water partition coefficient (Wildman–Crippen LogP) is 4.31. The minimum absolute atomic E-state index is 0.118. The Kier molecular flexibility index (Phi) is 5.92. The molecule has 4 rings (SSSR count). The first-order chi connectivity index (χ1) is 16.0. The Hall–Kier alpha value is -4.06. The number of aromatic nitrogens is 3. The van der Waals surface area contributed by atoms with Crippen molar-refractivity contribution in [1.82, 2.24) is 14.3 Å². The number of amides is 1. The minimum Gasteiger partial charge on any atom is -0.322 e. The van der Waals surface area contributed by atoms with Gasteiger partial charge in [-0.25, -0.2) is 13.1 Å². The molecule has 0 unspecified atom stereocenters. The second-order valence-corrected chi connectivity index (χ2v) is 9.09. The Labute approximate surface area is 192 Å². The van der Waals surface area contributed by atoms with Gasteiger partial charge in [0.25, 0.3) is 5.91 Å². The lowest BCUT2D eigenvalue weighted by Gasteiger charge is -2.13. The van der Waals surface area contributed by atoms with Crippen LogP contribution in [0.4, 0.5) is 24.5 Å². The van der Waals surface area contributed by atoms with E-state index in [0.29, 0.717) is 11.4 Å². The number of hydrogen-bond acceptors (Lipinski definition) is 4. The van der Waals surface area contributed by atoms with E-state index >= 15 is 0 Å². The van der Waals surface area contributed by atoms with Crippen LogP contribution < -0.4 is 10.0 Å². The number of hydrogen-bond donors (Lipinski definition) is 2. The Morgan fingerprint density at radius 1 is 0.971 bits per heavy atom. The number of carbonyl (C=O) groups is 1. The van der Waals surface area contributed by atoms with Gasteiger partial charge in [0.1, 0.15) is 5.56 Å². The van der Waals surface area contributed by atoms with E-state index in [1.807, 2.05) is 0 Å². The van der Waals surface area contributed by atoms with Gasteiger partial charge in [-0.2, -0.15) is 18.3 Å². The van der Waals surface area contributed by atoms with Gasteiger partial charge in [-0.15, -0.1) is 0 Å². The highest BCUT2D eigenvalue weighted by Crippen LogP contribution is 2.31. The van der Waals surface area contributed by atoms with Gasteiger partial charge in [-0.1, -0.05) is 6.07 Å². The summed E-state index contributed by atoms with van der Waals surface area (Å²) in [4.78, 5) is 13.0. The normalized spacial score (nSPS) is 11.9. The number of anilines is 2. The van der Waals surface area contributed by atoms with Gasteiger partial charge < -0.3 is 9.88 Å². The third kappa shape index (κ3) is 5.12. The van der Waals surface area contributed by atoms with Crippen molar-refractivity contribution in [3.8, 4) is 11.5 Å². The largest absolute Gasteiger partial charge is 0.416 e. The quantitative estimate of drug-likeness (QED) is 0.422. The van der Waals surface area contributed by atoms with E-state index in [0.717, 1.165) is 18.4 Å². The first-order valence-corrected chi connectivity index (χ1v) is 11.7. The van der Waals surface area contributed by atoms with Crippen molar-refractivity contribution in [2.75, 3.05) is 16.3 Å². The van der Waals surface area contributed by atoms with Crippen molar-refractivity contribution in [3.05, 3.63) is 90.4 Å². The molecule has 0 aliphatic heterocycles. The van der Waals surface area contributed by atoms with Crippen molar-refractivity contribution in [1.29, 1.82) is 0 Å². The summed E-state index contributed by atoms with van der Waals surface area (Å²) in [5, 5.41) is 6.86. The monoisotopic (exact) mass is 489 g/mol. The molecule has 0 saturated heterocycles. The Morgan fingerprint density at radius 3 is 2.24 bits per heavy atom. The smallest absolute Gasteiger partial charge is 0.322 e. The zero-order valence-corrected chi connectivity index (χ0v) is 18.4. The average molecular weight is 489 g/mol. The second kappa shape index (κ2) is 8.71. The second-order valence-electron chi connectivity index (χ2n) is 7.34. The van der Waals surface area contributed by atoms with Crippen LogP contribution in [-0.2, 0) is 16.2 Å². The lowest BCUT2D eigenvalue weighted by Crippen LogP contribution is -2.16. The van der Waals surface area contributed by atoms with Crippen molar-refractivity contribution in [2.45, 2.75) is 6.18 Å². The molecule has 12 heteroatoms. The van der Waals surface area contributed by atoms with Gasteiger partial charge in [0.2, 0.25) is 10.0 Å². The molecule has 2 aromatic heterocycles. The summed E-state index contributed by atoms with van der Waals surface area (Å²) >= 11 is 0. The molecule has 0 radical (unpaired) electrons. The van der Waals surface area contributed by atoms with Gasteiger partial charge in [0.05, 0.1) is 23.7 Å². The summed E-state index contributed by atoms with van der Waals surface area (Å²) in [6.07, 6.45) is 1.04. The maximum atomic E-state index is 13.2. The number of nitrogens with zero attached hydrogens (tertiary/aromatic N) is 3. The zero-order valence-electron chi connectivity index (χ0n) is 17.6. The molecule has 0 saturated carbocycles. The van der Waals surface area contributed by atoms with Gasteiger partial charge in [-0.3, -0.25) is 9.52 Å². The predicted molar refractivity (Wildman–Crippen MR) is 121 cm³/mol. The standard InChI is InChI=1S/C22H18F3N5O3S/c1-34(32,33)28-17-9-7-16(8-10-17)27-20(31)19-14-26-30(21(19)29-11-2-3-12-29)18-6-4-5-15(13-18)22(23,24)25/h2-14,28H,1H3,(H,27,31). The highest BCUT2D eigenvalue weighted by Gasteiger charge is 2.31. The van der Waals surface area contributed by atoms with Crippen LogP contribution in [0, 0.1) is 0 Å². The van der Waals surface area contributed by atoms with Gasteiger partial charge in [0.15, 0.2) is 5.82 Å². The van der Waals surface area contributed by atoms with Crippen LogP contribution >= 0.6 is 0 Å². The summed E-state index contributed by atoms with van der Waals surface area (Å²) < 4.78 is 67.5. The van der Waals surface area contributed by atoms with Crippen molar-refractivity contribution >= 4 is 27.3 Å². The third-order valence-corrected chi connectivity index (χ3v) is 5.31. The van der Waals surface area contributed by atoms with E-state index in [-0.39, 0.29) is 17.1 Å². The average Bonchev–Trinajstić information content (AvgIpc) is 3.43. The molecular weight excluding hydrogens is 471 g/mol. The van der Waals surface area contributed by atoms with Gasteiger partial charge in [0, 0.05) is 23.8 Å². The number of carbonyl (C=O) groups excluding carboxylic acids is 1. The van der Waals surface area contributed by atoms with E-state index in [4.69, 9.17) is 0 Å². The fraction of sp³-hybridized carbons (Fsp3) is 0.0909. The number of sulfonamides is 1. The fourth-order valence-electron chi connectivity index (χ4n) is 3.26. The molecule has 2 N–H and O–H groups in total. The molecule has 176 valence electrons. The van der Waals surface area contributed by atoms with E-state index in [9.17, 15) is 26.4 Å². The third-order valence-electron chi connectivity index (χ3n) is 4.70. The molecule has 0 fully saturated rings. The Morgan fingerprint density at radius 2 is 1.62 bits per heavy atom. The number of nitrogens with one attached hydrogen (secondary N) is 2. The maximum Gasteiger partial charge on any atom is 0.416 e. The zero-order chi connectivity index (χ0) is 24.5. The first-order valence-electron chi connectivity index (χ1n) is 9.79. The summed E-state index contributed by atoms with van der Waals surface area (Å²) in [5.41, 5.74) is 0.119. The van der Waals surface area contributed by atoms with Crippen molar-refractivity contribution in [3.63, 3.8) is 0 Å². The molecule has 0 bridgehead atoms. The molecule has 4 aromatic rings. The molecule has 0 aliphatic carbocycles. The van der Waals surface area contributed by atoms with Crippen LogP contribution in [0.15, 0.2) is 79.3 Å².